The van der Waals surface area contributed by atoms with Crippen molar-refractivity contribution in [2.24, 2.45) is 4.99 Å². The highest BCUT2D eigenvalue weighted by Crippen LogP contribution is 2.19. The van der Waals surface area contributed by atoms with E-state index in [-0.39, 0.29) is 0 Å². The lowest BCUT2D eigenvalue weighted by Gasteiger charge is -2.10. The van der Waals surface area contributed by atoms with Gasteiger partial charge >= 0.3 is 0 Å². The standard InChI is InChI=1S/C23H25N7O/c1-3-24-23(25-12-17-5-4-6-19(11-17)21-27-15-28-30-21)26-13-20-14-31-22(29-20)18-9-7-16(2)8-10-18/h4-11,14-15H,3,12-13H2,1-2H3,(H2,24,25,26)(H,27,28,30). The van der Waals surface area contributed by atoms with Gasteiger partial charge in [-0.2, -0.15) is 5.10 Å². The molecule has 0 atom stereocenters. The first-order valence-electron chi connectivity index (χ1n) is 10.2. The van der Waals surface area contributed by atoms with Gasteiger partial charge in [0.2, 0.25) is 5.89 Å². The number of hydrogen-bond acceptors (Lipinski definition) is 5. The summed E-state index contributed by atoms with van der Waals surface area (Å²) in [6.07, 6.45) is 3.17. The van der Waals surface area contributed by atoms with Crippen molar-refractivity contribution in [2.75, 3.05) is 6.54 Å². The quantitative estimate of drug-likeness (QED) is 0.314. The minimum absolute atomic E-state index is 0.513. The Labute approximate surface area is 180 Å². The van der Waals surface area contributed by atoms with Crippen LogP contribution in [-0.4, -0.2) is 32.7 Å². The molecule has 3 N–H and O–H groups in total. The summed E-state index contributed by atoms with van der Waals surface area (Å²) < 4.78 is 5.64. The van der Waals surface area contributed by atoms with Gasteiger partial charge in [-0.3, -0.25) is 5.10 Å². The normalized spacial score (nSPS) is 11.5. The Bertz CT molecular complexity index is 1130. The molecule has 2 heterocycles. The molecule has 0 bridgehead atoms. The number of H-pyrrole nitrogens is 1. The molecule has 158 valence electrons. The Hall–Kier alpha value is -3.94. The molecule has 8 nitrogen and oxygen atoms in total. The number of rotatable bonds is 7. The van der Waals surface area contributed by atoms with Gasteiger partial charge in [-0.05, 0) is 37.6 Å². The Morgan fingerprint density at radius 3 is 2.74 bits per heavy atom. The fraction of sp³-hybridized carbons (Fsp3) is 0.217. The maximum atomic E-state index is 5.64. The van der Waals surface area contributed by atoms with Gasteiger partial charge in [0, 0.05) is 17.7 Å². The Balaban J connectivity index is 1.40. The third-order valence-electron chi connectivity index (χ3n) is 4.67. The highest BCUT2D eigenvalue weighted by molar-refractivity contribution is 5.79. The van der Waals surface area contributed by atoms with Crippen molar-refractivity contribution >= 4 is 5.96 Å². The Morgan fingerprint density at radius 1 is 1.10 bits per heavy atom. The van der Waals surface area contributed by atoms with E-state index in [0.29, 0.717) is 24.9 Å². The lowest BCUT2D eigenvalue weighted by molar-refractivity contribution is 0.572. The molecule has 2 aromatic carbocycles. The summed E-state index contributed by atoms with van der Waals surface area (Å²) in [5.41, 5.74) is 5.04. The van der Waals surface area contributed by atoms with Crippen molar-refractivity contribution < 1.29 is 4.42 Å². The fourth-order valence-electron chi connectivity index (χ4n) is 3.06. The second-order valence-corrected chi connectivity index (χ2v) is 7.09. The van der Waals surface area contributed by atoms with E-state index in [0.717, 1.165) is 34.8 Å². The molecule has 0 spiro atoms. The van der Waals surface area contributed by atoms with Crippen LogP contribution in [0.25, 0.3) is 22.8 Å². The summed E-state index contributed by atoms with van der Waals surface area (Å²) in [5.74, 6) is 2.07. The fourth-order valence-corrected chi connectivity index (χ4v) is 3.06. The summed E-state index contributed by atoms with van der Waals surface area (Å²) in [4.78, 5) is 13.5. The molecular weight excluding hydrogens is 390 g/mol. The molecule has 8 heteroatoms. The number of nitrogens with one attached hydrogen (secondary N) is 3. The maximum absolute atomic E-state index is 5.64. The zero-order valence-corrected chi connectivity index (χ0v) is 17.6. The molecule has 4 rings (SSSR count). The summed E-state index contributed by atoms with van der Waals surface area (Å²) in [6, 6.07) is 16.2. The van der Waals surface area contributed by atoms with Gasteiger partial charge in [-0.15, -0.1) is 0 Å². The van der Waals surface area contributed by atoms with Crippen LogP contribution in [-0.2, 0) is 13.1 Å². The molecular formula is C23H25N7O. The molecule has 0 saturated carbocycles. The van der Waals surface area contributed by atoms with Crippen LogP contribution in [0.3, 0.4) is 0 Å². The number of aryl methyl sites for hydroxylation is 1. The third kappa shape index (κ3) is 5.36. The van der Waals surface area contributed by atoms with E-state index in [2.05, 4.69) is 48.8 Å². The summed E-state index contributed by atoms with van der Waals surface area (Å²) >= 11 is 0. The molecule has 31 heavy (non-hydrogen) atoms. The molecule has 0 aliphatic heterocycles. The molecule has 0 aliphatic rings. The first kappa shape index (κ1) is 20.3. The zero-order valence-electron chi connectivity index (χ0n) is 17.6. The van der Waals surface area contributed by atoms with Gasteiger partial charge in [0.25, 0.3) is 0 Å². The summed E-state index contributed by atoms with van der Waals surface area (Å²) in [6.45, 7) is 5.90. The zero-order chi connectivity index (χ0) is 21.5. The number of aliphatic imine (C=N–C) groups is 1. The predicted molar refractivity (Wildman–Crippen MR) is 120 cm³/mol. The van der Waals surface area contributed by atoms with Crippen molar-refractivity contribution in [3.8, 4) is 22.8 Å². The van der Waals surface area contributed by atoms with Crippen molar-refractivity contribution in [3.05, 3.63) is 77.9 Å². The average Bonchev–Trinajstić information content (AvgIpc) is 3.49. The SMILES string of the molecule is CCNC(=NCc1cccc(-c2ncn[nH]2)c1)NCc1coc(-c2ccc(C)cc2)n1. The van der Waals surface area contributed by atoms with E-state index in [4.69, 9.17) is 4.42 Å². The second-order valence-electron chi connectivity index (χ2n) is 7.09. The first-order valence-corrected chi connectivity index (χ1v) is 10.2. The van der Waals surface area contributed by atoms with E-state index in [1.165, 1.54) is 11.9 Å². The van der Waals surface area contributed by atoms with Crippen molar-refractivity contribution in [3.63, 3.8) is 0 Å². The van der Waals surface area contributed by atoms with E-state index in [1.54, 1.807) is 6.26 Å². The topological polar surface area (TPSA) is 104 Å². The van der Waals surface area contributed by atoms with Gasteiger partial charge in [0.15, 0.2) is 11.8 Å². The number of nitrogens with zero attached hydrogens (tertiary/aromatic N) is 4. The third-order valence-corrected chi connectivity index (χ3v) is 4.67. The lowest BCUT2D eigenvalue weighted by atomic mass is 10.1. The molecule has 0 radical (unpaired) electrons. The number of hydrogen-bond donors (Lipinski definition) is 3. The summed E-state index contributed by atoms with van der Waals surface area (Å²) in [5, 5.41) is 13.4. The van der Waals surface area contributed by atoms with E-state index >= 15 is 0 Å². The van der Waals surface area contributed by atoms with Gasteiger partial charge in [-0.25, -0.2) is 15.0 Å². The van der Waals surface area contributed by atoms with Crippen LogP contribution in [0.4, 0.5) is 0 Å². The molecule has 0 fully saturated rings. The lowest BCUT2D eigenvalue weighted by Crippen LogP contribution is -2.36. The van der Waals surface area contributed by atoms with Crippen LogP contribution in [0, 0.1) is 6.92 Å². The summed E-state index contributed by atoms with van der Waals surface area (Å²) in [7, 11) is 0. The van der Waals surface area contributed by atoms with Gasteiger partial charge < -0.3 is 15.1 Å². The van der Waals surface area contributed by atoms with Crippen molar-refractivity contribution in [1.82, 2.24) is 30.8 Å². The maximum Gasteiger partial charge on any atom is 0.226 e. The van der Waals surface area contributed by atoms with Crippen LogP contribution < -0.4 is 10.6 Å². The predicted octanol–water partition coefficient (Wildman–Crippen LogP) is 3.69. The smallest absolute Gasteiger partial charge is 0.226 e. The van der Waals surface area contributed by atoms with Crippen LogP contribution in [0.15, 0.2) is 70.5 Å². The van der Waals surface area contributed by atoms with E-state index < -0.39 is 0 Å². The van der Waals surface area contributed by atoms with Crippen LogP contribution >= 0.6 is 0 Å². The molecule has 2 aromatic heterocycles. The van der Waals surface area contributed by atoms with Crippen molar-refractivity contribution in [1.29, 1.82) is 0 Å². The van der Waals surface area contributed by atoms with Gasteiger partial charge in [-0.1, -0.05) is 35.9 Å². The Kier molecular flexibility index (Phi) is 6.37. The van der Waals surface area contributed by atoms with Crippen molar-refractivity contribution in [2.45, 2.75) is 26.9 Å². The van der Waals surface area contributed by atoms with Gasteiger partial charge in [0.1, 0.15) is 12.6 Å². The average molecular weight is 416 g/mol. The number of guanidine groups is 1. The minimum Gasteiger partial charge on any atom is -0.444 e. The largest absolute Gasteiger partial charge is 0.444 e. The monoisotopic (exact) mass is 415 g/mol. The molecule has 0 unspecified atom stereocenters. The van der Waals surface area contributed by atoms with Crippen LogP contribution in [0.5, 0.6) is 0 Å². The van der Waals surface area contributed by atoms with E-state index in [1.807, 2.05) is 49.4 Å². The highest BCUT2D eigenvalue weighted by Gasteiger charge is 2.08. The number of benzene rings is 2. The highest BCUT2D eigenvalue weighted by atomic mass is 16.3. The Morgan fingerprint density at radius 2 is 1.97 bits per heavy atom. The number of aromatic nitrogens is 4. The van der Waals surface area contributed by atoms with Crippen LogP contribution in [0.2, 0.25) is 0 Å². The minimum atomic E-state index is 0.513. The molecule has 0 amide bonds. The van der Waals surface area contributed by atoms with E-state index in [9.17, 15) is 0 Å². The molecule has 0 saturated heterocycles. The van der Waals surface area contributed by atoms with Crippen LogP contribution in [0.1, 0.15) is 23.7 Å². The molecule has 4 aromatic rings. The first-order chi connectivity index (χ1) is 15.2. The number of oxazole rings is 1. The van der Waals surface area contributed by atoms with Gasteiger partial charge in [0.05, 0.1) is 18.8 Å². The second kappa shape index (κ2) is 9.71. The molecule has 0 aliphatic carbocycles. The number of aromatic amines is 1.